The highest BCUT2D eigenvalue weighted by molar-refractivity contribution is 7.80. The number of carbonyl (C=O) groups is 1. The number of fused-ring (bicyclic) bond motifs is 1. The van der Waals surface area contributed by atoms with Crippen LogP contribution in [0.4, 0.5) is 5.69 Å². The summed E-state index contributed by atoms with van der Waals surface area (Å²) < 4.78 is 0. The van der Waals surface area contributed by atoms with Gasteiger partial charge in [0.05, 0.1) is 0 Å². The average molecular weight is 327 g/mol. The van der Waals surface area contributed by atoms with Gasteiger partial charge >= 0.3 is 0 Å². The topological polar surface area (TPSA) is 26.8 Å². The lowest BCUT2D eigenvalue weighted by atomic mass is 9.84. The summed E-state index contributed by atoms with van der Waals surface area (Å²) in [5, 5.41) is 0.530. The molecule has 0 aromatic heterocycles. The molecule has 1 saturated heterocycles. The molecule has 0 spiro atoms. The molecule has 1 aromatic rings. The number of anilines is 1. The van der Waals surface area contributed by atoms with Gasteiger partial charge < -0.3 is 9.80 Å². The minimum atomic E-state index is -0.102. The van der Waals surface area contributed by atoms with Crippen LogP contribution in [0.15, 0.2) is 47.8 Å². The van der Waals surface area contributed by atoms with Crippen LogP contribution in [0, 0.1) is 0 Å². The van der Waals surface area contributed by atoms with Gasteiger partial charge in [-0.15, -0.1) is 0 Å². The van der Waals surface area contributed by atoms with Crippen LogP contribution in [0.1, 0.15) is 19.4 Å². The van der Waals surface area contributed by atoms with Gasteiger partial charge in [-0.3, -0.25) is 9.69 Å². The van der Waals surface area contributed by atoms with Crippen LogP contribution in [-0.2, 0) is 10.2 Å². The van der Waals surface area contributed by atoms with E-state index in [1.54, 1.807) is 11.9 Å². The van der Waals surface area contributed by atoms with Crippen LogP contribution in [0.2, 0.25) is 0 Å². The van der Waals surface area contributed by atoms with Crippen LogP contribution in [0.25, 0.3) is 0 Å². The highest BCUT2D eigenvalue weighted by Gasteiger charge is 2.38. The predicted octanol–water partition coefficient (Wildman–Crippen LogP) is 2.87. The van der Waals surface area contributed by atoms with Crippen molar-refractivity contribution in [2.45, 2.75) is 19.3 Å². The van der Waals surface area contributed by atoms with Gasteiger partial charge in [0, 0.05) is 37.9 Å². The van der Waals surface area contributed by atoms with E-state index in [1.165, 1.54) is 16.2 Å². The zero-order chi connectivity index (χ0) is 16.9. The third kappa shape index (κ3) is 2.18. The lowest BCUT2D eigenvalue weighted by Gasteiger charge is -2.23. The summed E-state index contributed by atoms with van der Waals surface area (Å²) in [6.45, 7) is 4.41. The molecule has 0 aliphatic carbocycles. The first-order valence-electron chi connectivity index (χ1n) is 7.58. The molecule has 120 valence electrons. The third-order valence-corrected chi connectivity index (χ3v) is 5.35. The van der Waals surface area contributed by atoms with Crippen LogP contribution >= 0.6 is 12.2 Å². The van der Waals surface area contributed by atoms with Crippen molar-refractivity contribution in [1.29, 1.82) is 0 Å². The van der Waals surface area contributed by atoms with E-state index >= 15 is 0 Å². The molecule has 0 saturated carbocycles. The van der Waals surface area contributed by atoms with Crippen molar-refractivity contribution in [3.63, 3.8) is 0 Å². The molecule has 4 nitrogen and oxygen atoms in total. The standard InChI is InChI=1S/C18H21N3OS/c1-18(2)12-8-6-7-9-13(12)19(3)15(18)11-10-14-16(22)21(5)17(23)20(14)4/h6-11H,1-5H3/b14-10+,15-11+. The number of hydrogen-bond acceptors (Lipinski definition) is 3. The number of allylic oxidation sites excluding steroid dienone is 3. The van der Waals surface area contributed by atoms with E-state index in [2.05, 4.69) is 50.1 Å². The molecule has 2 aliphatic rings. The number of amides is 1. The fraction of sp³-hybridized carbons (Fsp3) is 0.333. The Kier molecular flexibility index (Phi) is 3.56. The fourth-order valence-electron chi connectivity index (χ4n) is 3.37. The molecule has 1 amide bonds. The monoisotopic (exact) mass is 327 g/mol. The van der Waals surface area contributed by atoms with Crippen molar-refractivity contribution in [2.24, 2.45) is 0 Å². The number of hydrogen-bond donors (Lipinski definition) is 0. The molecule has 3 rings (SSSR count). The molecule has 0 radical (unpaired) electrons. The molecule has 0 bridgehead atoms. The molecule has 1 aromatic carbocycles. The van der Waals surface area contributed by atoms with Crippen molar-refractivity contribution in [1.82, 2.24) is 9.80 Å². The SMILES string of the molecule is CN1C(=O)/C(=C\C=C2\N(C)c3ccccc3C2(C)C)N(C)C1=S. The predicted molar refractivity (Wildman–Crippen MR) is 97.2 cm³/mol. The summed E-state index contributed by atoms with van der Waals surface area (Å²) in [5.41, 5.74) is 4.17. The highest BCUT2D eigenvalue weighted by Crippen LogP contribution is 2.46. The maximum Gasteiger partial charge on any atom is 0.276 e. The zero-order valence-corrected chi connectivity index (χ0v) is 14.9. The number of nitrogens with zero attached hydrogens (tertiary/aromatic N) is 3. The molecule has 2 aliphatic heterocycles. The fourth-order valence-corrected chi connectivity index (χ4v) is 3.55. The van der Waals surface area contributed by atoms with Gasteiger partial charge in [0.2, 0.25) is 0 Å². The second-order valence-electron chi connectivity index (χ2n) is 6.51. The van der Waals surface area contributed by atoms with E-state index in [1.807, 2.05) is 19.2 Å². The molecule has 0 atom stereocenters. The average Bonchev–Trinajstić information content (AvgIpc) is 2.84. The normalized spacial score (nSPS) is 23.4. The molecule has 1 fully saturated rings. The van der Waals surface area contributed by atoms with Crippen molar-refractivity contribution in [2.75, 3.05) is 26.0 Å². The van der Waals surface area contributed by atoms with Crippen LogP contribution in [0.5, 0.6) is 0 Å². The minimum absolute atomic E-state index is 0.0645. The van der Waals surface area contributed by atoms with Gasteiger partial charge in [-0.25, -0.2) is 0 Å². The van der Waals surface area contributed by atoms with Crippen LogP contribution in [0.3, 0.4) is 0 Å². The largest absolute Gasteiger partial charge is 0.347 e. The molecule has 2 heterocycles. The Labute approximate surface area is 142 Å². The van der Waals surface area contributed by atoms with Gasteiger partial charge in [0.15, 0.2) is 5.11 Å². The van der Waals surface area contributed by atoms with Gasteiger partial charge in [-0.1, -0.05) is 32.0 Å². The Bertz CT molecular complexity index is 763. The maximum atomic E-state index is 12.3. The molecular weight excluding hydrogens is 306 g/mol. The van der Waals surface area contributed by atoms with Gasteiger partial charge in [-0.2, -0.15) is 0 Å². The second kappa shape index (κ2) is 5.20. The summed E-state index contributed by atoms with van der Waals surface area (Å²) in [6, 6.07) is 8.41. The minimum Gasteiger partial charge on any atom is -0.347 e. The first-order chi connectivity index (χ1) is 10.8. The Morgan fingerprint density at radius 3 is 2.22 bits per heavy atom. The Balaban J connectivity index is 2.03. The van der Waals surface area contributed by atoms with Crippen molar-refractivity contribution in [3.05, 3.63) is 53.4 Å². The van der Waals surface area contributed by atoms with E-state index in [4.69, 9.17) is 12.2 Å². The first kappa shape index (κ1) is 15.7. The van der Waals surface area contributed by atoms with Crippen molar-refractivity contribution in [3.8, 4) is 0 Å². The summed E-state index contributed by atoms with van der Waals surface area (Å²) in [5.74, 6) is -0.0645. The zero-order valence-electron chi connectivity index (χ0n) is 14.1. The number of carbonyl (C=O) groups excluding carboxylic acids is 1. The van der Waals surface area contributed by atoms with E-state index in [9.17, 15) is 4.79 Å². The lowest BCUT2D eigenvalue weighted by molar-refractivity contribution is -0.121. The van der Waals surface area contributed by atoms with E-state index < -0.39 is 0 Å². The summed E-state index contributed by atoms with van der Waals surface area (Å²) >= 11 is 5.25. The molecule has 5 heteroatoms. The van der Waals surface area contributed by atoms with Gasteiger partial charge in [0.25, 0.3) is 5.91 Å². The second-order valence-corrected chi connectivity index (χ2v) is 6.88. The number of thiocarbonyl (C=S) groups is 1. The van der Waals surface area contributed by atoms with E-state index in [0.717, 1.165) is 5.70 Å². The maximum absolute atomic E-state index is 12.3. The van der Waals surface area contributed by atoms with E-state index in [-0.39, 0.29) is 11.3 Å². The quantitative estimate of drug-likeness (QED) is 0.585. The number of benzene rings is 1. The molecule has 0 N–H and O–H groups in total. The van der Waals surface area contributed by atoms with E-state index in [0.29, 0.717) is 10.8 Å². The van der Waals surface area contributed by atoms with Crippen LogP contribution < -0.4 is 4.90 Å². The molecular formula is C18H21N3OS. The summed E-state index contributed by atoms with van der Waals surface area (Å²) in [4.78, 5) is 17.7. The first-order valence-corrected chi connectivity index (χ1v) is 7.99. The Hall–Kier alpha value is -2.14. The number of likely N-dealkylation sites (N-methyl/N-ethyl adjacent to an activating group) is 3. The summed E-state index contributed by atoms with van der Waals surface area (Å²) in [7, 11) is 5.60. The van der Waals surface area contributed by atoms with Gasteiger partial charge in [0.1, 0.15) is 5.70 Å². The van der Waals surface area contributed by atoms with Gasteiger partial charge in [-0.05, 0) is 36.0 Å². The molecule has 23 heavy (non-hydrogen) atoms. The summed E-state index contributed by atoms with van der Waals surface area (Å²) in [6.07, 6.45) is 3.91. The van der Waals surface area contributed by atoms with Crippen molar-refractivity contribution < 1.29 is 4.79 Å². The highest BCUT2D eigenvalue weighted by atomic mass is 32.1. The Morgan fingerprint density at radius 2 is 1.65 bits per heavy atom. The molecule has 0 unspecified atom stereocenters. The third-order valence-electron chi connectivity index (χ3n) is 4.80. The number of rotatable bonds is 1. The Morgan fingerprint density at radius 1 is 1.00 bits per heavy atom. The smallest absolute Gasteiger partial charge is 0.276 e. The van der Waals surface area contributed by atoms with Crippen LogP contribution in [-0.4, -0.2) is 42.0 Å². The lowest BCUT2D eigenvalue weighted by Crippen LogP contribution is -2.26. The number of para-hydroxylation sites is 1. The van der Waals surface area contributed by atoms with Crippen molar-refractivity contribution >= 4 is 28.9 Å².